The summed E-state index contributed by atoms with van der Waals surface area (Å²) in [4.78, 5) is 35.3. The fraction of sp³-hybridized carbons (Fsp3) is 0.381. The van der Waals surface area contributed by atoms with Gasteiger partial charge in [-0.1, -0.05) is 11.6 Å². The molecule has 1 saturated heterocycles. The van der Waals surface area contributed by atoms with Gasteiger partial charge >= 0.3 is 0 Å². The zero-order chi connectivity index (χ0) is 20.4. The molecule has 1 aliphatic rings. The first-order chi connectivity index (χ1) is 14.0. The maximum absolute atomic E-state index is 12.5. The van der Waals surface area contributed by atoms with E-state index in [4.69, 9.17) is 11.6 Å². The number of hydrogen-bond acceptors (Lipinski definition) is 5. The van der Waals surface area contributed by atoms with Crippen molar-refractivity contribution in [3.8, 4) is 0 Å². The molecule has 0 radical (unpaired) electrons. The minimum atomic E-state index is 0.0574. The molecule has 0 spiro atoms. The van der Waals surface area contributed by atoms with Crippen molar-refractivity contribution >= 4 is 40.3 Å². The van der Waals surface area contributed by atoms with Crippen LogP contribution in [0.2, 0.25) is 5.02 Å². The number of nitrogens with zero attached hydrogens (tertiary/aromatic N) is 4. The molecule has 3 aromatic heterocycles. The number of imidazole rings is 1. The summed E-state index contributed by atoms with van der Waals surface area (Å²) in [6.45, 7) is 5.70. The Kier molecular flexibility index (Phi) is 5.99. The molecule has 6 nitrogen and oxygen atoms in total. The molecule has 0 N–H and O–H groups in total. The van der Waals surface area contributed by atoms with Gasteiger partial charge in [-0.2, -0.15) is 0 Å². The molecule has 4 rings (SSSR count). The summed E-state index contributed by atoms with van der Waals surface area (Å²) in [6, 6.07) is 7.53. The van der Waals surface area contributed by atoms with Gasteiger partial charge in [0.2, 0.25) is 5.91 Å². The van der Waals surface area contributed by atoms with Crippen LogP contribution >= 0.6 is 22.9 Å². The highest BCUT2D eigenvalue weighted by atomic mass is 35.5. The zero-order valence-electron chi connectivity index (χ0n) is 16.3. The second-order valence-electron chi connectivity index (χ2n) is 7.34. The van der Waals surface area contributed by atoms with Gasteiger partial charge in [0.1, 0.15) is 5.65 Å². The van der Waals surface area contributed by atoms with Gasteiger partial charge in [0, 0.05) is 62.8 Å². The van der Waals surface area contributed by atoms with E-state index in [2.05, 4.69) is 9.88 Å². The SMILES string of the molecule is Cc1ccc(C(=O)CCC(=O)N2CCN(Cc3cn4cc(Cl)ccc4n3)CC2)s1. The van der Waals surface area contributed by atoms with Crippen molar-refractivity contribution < 1.29 is 9.59 Å². The lowest BCUT2D eigenvalue weighted by atomic mass is 10.1. The number of carbonyl (C=O) groups excluding carboxylic acids is 2. The molecule has 0 unspecified atom stereocenters. The summed E-state index contributed by atoms with van der Waals surface area (Å²) in [5.41, 5.74) is 1.87. The van der Waals surface area contributed by atoms with Gasteiger partial charge in [-0.25, -0.2) is 4.98 Å². The van der Waals surface area contributed by atoms with Crippen molar-refractivity contribution in [2.24, 2.45) is 0 Å². The molecule has 0 bridgehead atoms. The Morgan fingerprint density at radius 3 is 2.59 bits per heavy atom. The molecule has 152 valence electrons. The number of amides is 1. The number of ketones is 1. The number of thiophene rings is 1. The second-order valence-corrected chi connectivity index (χ2v) is 9.06. The minimum Gasteiger partial charge on any atom is -0.340 e. The van der Waals surface area contributed by atoms with Crippen LogP contribution in [0.15, 0.2) is 36.7 Å². The van der Waals surface area contributed by atoms with E-state index in [1.165, 1.54) is 11.3 Å². The Balaban J connectivity index is 1.25. The van der Waals surface area contributed by atoms with Crippen LogP contribution in [0.3, 0.4) is 0 Å². The molecule has 0 aromatic carbocycles. The molecule has 1 fully saturated rings. The number of hydrogen-bond donors (Lipinski definition) is 0. The summed E-state index contributed by atoms with van der Waals surface area (Å²) in [7, 11) is 0. The number of halogens is 1. The molecular formula is C21H23ClN4O2S. The van der Waals surface area contributed by atoms with E-state index in [0.29, 0.717) is 18.1 Å². The molecule has 0 saturated carbocycles. The normalized spacial score (nSPS) is 15.2. The Bertz CT molecular complexity index is 1040. The summed E-state index contributed by atoms with van der Waals surface area (Å²) in [5.74, 6) is 0.121. The Morgan fingerprint density at radius 2 is 1.86 bits per heavy atom. The molecule has 4 heterocycles. The topological polar surface area (TPSA) is 57.9 Å². The van der Waals surface area contributed by atoms with E-state index >= 15 is 0 Å². The molecule has 0 atom stereocenters. The lowest BCUT2D eigenvalue weighted by molar-refractivity contribution is -0.133. The molecular weight excluding hydrogens is 408 g/mol. The van der Waals surface area contributed by atoms with Crippen molar-refractivity contribution in [2.75, 3.05) is 26.2 Å². The lowest BCUT2D eigenvalue weighted by Crippen LogP contribution is -2.48. The van der Waals surface area contributed by atoms with Gasteiger partial charge in [0.05, 0.1) is 15.6 Å². The van der Waals surface area contributed by atoms with Crippen LogP contribution in [0, 0.1) is 6.92 Å². The van der Waals surface area contributed by atoms with E-state index in [1.807, 2.05) is 52.9 Å². The fourth-order valence-electron chi connectivity index (χ4n) is 3.56. The van der Waals surface area contributed by atoms with Crippen LogP contribution in [-0.4, -0.2) is 57.1 Å². The van der Waals surface area contributed by atoms with Crippen LogP contribution in [0.1, 0.15) is 33.1 Å². The van der Waals surface area contributed by atoms with Gasteiger partial charge < -0.3 is 9.30 Å². The number of aromatic nitrogens is 2. The van der Waals surface area contributed by atoms with Crippen LogP contribution in [0.4, 0.5) is 0 Å². The minimum absolute atomic E-state index is 0.0574. The number of Topliss-reactive ketones (excluding diaryl/α,β-unsaturated/α-hetero) is 1. The third-order valence-electron chi connectivity index (χ3n) is 5.16. The molecule has 29 heavy (non-hydrogen) atoms. The van der Waals surface area contributed by atoms with Crippen molar-refractivity contribution in [1.82, 2.24) is 19.2 Å². The average Bonchev–Trinajstić information content (AvgIpc) is 3.31. The second kappa shape index (κ2) is 8.65. The Morgan fingerprint density at radius 1 is 1.07 bits per heavy atom. The Hall–Kier alpha value is -2.22. The standard InChI is InChI=1S/C21H23ClN4O2S/c1-15-2-5-19(29-15)18(27)4-7-21(28)25-10-8-24(9-11-25)13-17-14-26-12-16(22)3-6-20(26)23-17/h2-3,5-6,12,14H,4,7-11,13H2,1H3. The number of aryl methyl sites for hydroxylation is 1. The first kappa shape index (κ1) is 20.1. The maximum Gasteiger partial charge on any atom is 0.223 e. The molecule has 3 aromatic rings. The zero-order valence-corrected chi connectivity index (χ0v) is 17.9. The largest absolute Gasteiger partial charge is 0.340 e. The van der Waals surface area contributed by atoms with Gasteiger partial charge in [-0.05, 0) is 31.2 Å². The third kappa shape index (κ3) is 4.86. The highest BCUT2D eigenvalue weighted by molar-refractivity contribution is 7.14. The fourth-order valence-corrected chi connectivity index (χ4v) is 4.57. The quantitative estimate of drug-likeness (QED) is 0.560. The van der Waals surface area contributed by atoms with E-state index in [0.717, 1.165) is 40.7 Å². The highest BCUT2D eigenvalue weighted by Crippen LogP contribution is 2.18. The van der Waals surface area contributed by atoms with Crippen molar-refractivity contribution in [3.05, 3.63) is 57.1 Å². The number of carbonyl (C=O) groups is 2. The molecule has 8 heteroatoms. The maximum atomic E-state index is 12.5. The third-order valence-corrected chi connectivity index (χ3v) is 6.42. The van der Waals surface area contributed by atoms with Gasteiger partial charge in [0.15, 0.2) is 5.78 Å². The van der Waals surface area contributed by atoms with Crippen molar-refractivity contribution in [3.63, 3.8) is 0 Å². The van der Waals surface area contributed by atoms with Gasteiger partial charge in [-0.3, -0.25) is 14.5 Å². The number of rotatable bonds is 6. The average molecular weight is 431 g/mol. The van der Waals surface area contributed by atoms with Crippen LogP contribution in [0.5, 0.6) is 0 Å². The van der Waals surface area contributed by atoms with Gasteiger partial charge in [-0.15, -0.1) is 11.3 Å². The summed E-state index contributed by atoms with van der Waals surface area (Å²) < 4.78 is 1.93. The first-order valence-electron chi connectivity index (χ1n) is 9.71. The van der Waals surface area contributed by atoms with Gasteiger partial charge in [0.25, 0.3) is 0 Å². The van der Waals surface area contributed by atoms with Crippen LogP contribution in [0.25, 0.3) is 5.65 Å². The van der Waals surface area contributed by atoms with E-state index < -0.39 is 0 Å². The van der Waals surface area contributed by atoms with E-state index in [1.54, 1.807) is 0 Å². The van der Waals surface area contributed by atoms with Crippen LogP contribution < -0.4 is 0 Å². The smallest absolute Gasteiger partial charge is 0.223 e. The van der Waals surface area contributed by atoms with E-state index in [9.17, 15) is 9.59 Å². The predicted molar refractivity (Wildman–Crippen MR) is 115 cm³/mol. The number of piperazine rings is 1. The molecule has 1 amide bonds. The number of pyridine rings is 1. The molecule has 0 aliphatic carbocycles. The van der Waals surface area contributed by atoms with E-state index in [-0.39, 0.29) is 24.5 Å². The lowest BCUT2D eigenvalue weighted by Gasteiger charge is -2.34. The monoisotopic (exact) mass is 430 g/mol. The summed E-state index contributed by atoms with van der Waals surface area (Å²) in [6.07, 6.45) is 4.41. The summed E-state index contributed by atoms with van der Waals surface area (Å²) in [5, 5.41) is 0.682. The Labute approximate surface area is 178 Å². The van der Waals surface area contributed by atoms with Crippen molar-refractivity contribution in [2.45, 2.75) is 26.3 Å². The molecule has 1 aliphatic heterocycles. The predicted octanol–water partition coefficient (Wildman–Crippen LogP) is 3.66. The number of fused-ring (bicyclic) bond motifs is 1. The summed E-state index contributed by atoms with van der Waals surface area (Å²) >= 11 is 7.52. The van der Waals surface area contributed by atoms with Crippen molar-refractivity contribution in [1.29, 1.82) is 0 Å². The van der Waals surface area contributed by atoms with Crippen LogP contribution in [-0.2, 0) is 11.3 Å². The highest BCUT2D eigenvalue weighted by Gasteiger charge is 2.22. The first-order valence-corrected chi connectivity index (χ1v) is 10.9.